The molecule has 1 atom stereocenters. The Balaban J connectivity index is 1.85. The van der Waals surface area contributed by atoms with Crippen LogP contribution >= 0.6 is 12.8 Å². The average Bonchev–Trinajstić information content (AvgIpc) is 3.21. The Kier molecular flexibility index (Phi) is 7.21. The second-order valence-electron chi connectivity index (χ2n) is 9.17. The number of anilines is 1. The molecule has 0 radical (unpaired) electrons. The molecule has 1 aromatic heterocycles. The third-order valence-electron chi connectivity index (χ3n) is 6.33. The number of carbonyl (C=O) groups excluding carboxylic acids is 2. The van der Waals surface area contributed by atoms with Crippen molar-refractivity contribution in [1.29, 1.82) is 0 Å². The number of allylic oxidation sites excluding steroid dienone is 1. The van der Waals surface area contributed by atoms with Crippen LogP contribution in [0.15, 0.2) is 52.5 Å². The van der Waals surface area contributed by atoms with Crippen LogP contribution in [0.3, 0.4) is 0 Å². The molecule has 2 amide bonds. The van der Waals surface area contributed by atoms with Crippen molar-refractivity contribution in [3.8, 4) is 11.3 Å². The lowest BCUT2D eigenvalue weighted by Crippen LogP contribution is -2.38. The lowest BCUT2D eigenvalue weighted by molar-refractivity contribution is -0.127. The van der Waals surface area contributed by atoms with Gasteiger partial charge >= 0.3 is 0 Å². The van der Waals surface area contributed by atoms with Crippen molar-refractivity contribution >= 4 is 41.3 Å². The summed E-state index contributed by atoms with van der Waals surface area (Å²) in [5.41, 5.74) is 4.37. The number of hydrogen-bond acceptors (Lipinski definition) is 5. The third-order valence-corrected chi connectivity index (χ3v) is 6.55. The van der Waals surface area contributed by atoms with Crippen molar-refractivity contribution in [2.75, 3.05) is 31.5 Å². The topological polar surface area (TPSA) is 65.8 Å². The van der Waals surface area contributed by atoms with Crippen molar-refractivity contribution in [3.05, 3.63) is 65.0 Å². The summed E-state index contributed by atoms with van der Waals surface area (Å²) >= 11 is 4.56. The van der Waals surface area contributed by atoms with Crippen LogP contribution in [0.25, 0.3) is 22.3 Å². The molecule has 8 heteroatoms. The van der Waals surface area contributed by atoms with Gasteiger partial charge in [0.15, 0.2) is 0 Å². The summed E-state index contributed by atoms with van der Waals surface area (Å²) in [4.78, 5) is 27.6. The molecule has 0 spiro atoms. The fourth-order valence-corrected chi connectivity index (χ4v) is 4.85. The Labute approximate surface area is 210 Å². The molecule has 1 aliphatic rings. The Hall–Kier alpha value is -3.26. The Morgan fingerprint density at radius 3 is 2.57 bits per heavy atom. The van der Waals surface area contributed by atoms with Crippen molar-refractivity contribution < 1.29 is 18.4 Å². The van der Waals surface area contributed by atoms with E-state index >= 15 is 0 Å². The summed E-state index contributed by atoms with van der Waals surface area (Å²) < 4.78 is 21.4. The third kappa shape index (κ3) is 5.07. The maximum Gasteiger partial charge on any atom is 0.255 e. The fraction of sp³-hybridized carbons (Fsp3) is 0.333. The number of furan rings is 1. The first kappa shape index (κ1) is 24.9. The van der Waals surface area contributed by atoms with Crippen LogP contribution in [0.2, 0.25) is 0 Å². The number of hydrogen-bond donors (Lipinski definition) is 2. The number of amides is 2. The van der Waals surface area contributed by atoms with Gasteiger partial charge in [0, 0.05) is 56.2 Å². The van der Waals surface area contributed by atoms with E-state index in [4.69, 9.17) is 4.42 Å². The minimum absolute atomic E-state index is 0.0181. The molecule has 4 rings (SSSR count). The maximum atomic E-state index is 13.5. The van der Waals surface area contributed by atoms with E-state index < -0.39 is 0 Å². The second kappa shape index (κ2) is 10.2. The molecule has 6 nitrogen and oxygen atoms in total. The first-order valence-electron chi connectivity index (χ1n) is 11.6. The van der Waals surface area contributed by atoms with E-state index in [1.54, 1.807) is 29.6 Å². The van der Waals surface area contributed by atoms with Gasteiger partial charge in [0.25, 0.3) is 5.91 Å². The lowest BCUT2D eigenvalue weighted by Gasteiger charge is -2.34. The molecule has 0 bridgehead atoms. The minimum Gasteiger partial charge on any atom is -0.455 e. The van der Waals surface area contributed by atoms with Crippen LogP contribution in [-0.2, 0) is 4.79 Å². The summed E-state index contributed by atoms with van der Waals surface area (Å²) in [5.74, 6) is -0.172. The van der Waals surface area contributed by atoms with Crippen LogP contribution in [0.1, 0.15) is 48.5 Å². The Morgan fingerprint density at radius 1 is 1.23 bits per heavy atom. The first-order chi connectivity index (χ1) is 16.7. The maximum absolute atomic E-state index is 13.5. The summed E-state index contributed by atoms with van der Waals surface area (Å²) in [7, 11) is 3.41. The zero-order valence-electron chi connectivity index (χ0n) is 20.4. The summed E-state index contributed by atoms with van der Waals surface area (Å²) in [6.07, 6.45) is 3.47. The highest BCUT2D eigenvalue weighted by molar-refractivity contribution is 7.81. The number of benzene rings is 2. The molecule has 1 aliphatic heterocycles. The molecule has 35 heavy (non-hydrogen) atoms. The number of nitrogens with zero attached hydrogens (tertiary/aromatic N) is 2. The van der Waals surface area contributed by atoms with Gasteiger partial charge < -0.3 is 18.9 Å². The molecule has 184 valence electrons. The predicted molar refractivity (Wildman–Crippen MR) is 140 cm³/mol. The Bertz CT molecular complexity index is 1290. The van der Waals surface area contributed by atoms with Crippen LogP contribution in [0, 0.1) is 5.82 Å². The molecule has 0 saturated carbocycles. The van der Waals surface area contributed by atoms with Crippen LogP contribution in [0.5, 0.6) is 0 Å². The summed E-state index contributed by atoms with van der Waals surface area (Å²) in [6, 6.07) is 9.75. The molecule has 1 saturated heterocycles. The van der Waals surface area contributed by atoms with Gasteiger partial charge in [-0.2, -0.15) is 0 Å². The first-order valence-corrected chi connectivity index (χ1v) is 12.0. The molecule has 2 heterocycles. The van der Waals surface area contributed by atoms with E-state index in [2.05, 4.69) is 18.1 Å². The fourth-order valence-electron chi connectivity index (χ4n) is 4.68. The monoisotopic (exact) mass is 495 g/mol. The summed E-state index contributed by atoms with van der Waals surface area (Å²) in [6.45, 7) is 5.14. The minimum atomic E-state index is -0.364. The number of thiol groups is 1. The smallest absolute Gasteiger partial charge is 0.255 e. The van der Waals surface area contributed by atoms with Crippen LogP contribution < -0.4 is 9.62 Å². The molecule has 0 aliphatic carbocycles. The number of nitrogens with one attached hydrogen (secondary N) is 1. The molecule has 3 aromatic rings. The number of halogens is 1. The van der Waals surface area contributed by atoms with Gasteiger partial charge in [0.2, 0.25) is 5.91 Å². The van der Waals surface area contributed by atoms with E-state index in [9.17, 15) is 14.0 Å². The van der Waals surface area contributed by atoms with Crippen LogP contribution in [-0.4, -0.2) is 43.9 Å². The molecule has 1 fully saturated rings. The highest BCUT2D eigenvalue weighted by Gasteiger charge is 2.29. The van der Waals surface area contributed by atoms with E-state index in [0.717, 1.165) is 36.2 Å². The van der Waals surface area contributed by atoms with Gasteiger partial charge in [0.05, 0.1) is 11.3 Å². The predicted octanol–water partition coefficient (Wildman–Crippen LogP) is 5.55. The quantitative estimate of drug-likeness (QED) is 0.360. The van der Waals surface area contributed by atoms with Crippen molar-refractivity contribution in [2.45, 2.75) is 32.6 Å². The number of rotatable bonds is 5. The normalized spacial score (nSPS) is 15.7. The molecule has 2 aromatic carbocycles. The highest BCUT2D eigenvalue weighted by Crippen LogP contribution is 2.41. The largest absolute Gasteiger partial charge is 0.455 e. The molecular weight excluding hydrogens is 465 g/mol. The van der Waals surface area contributed by atoms with Gasteiger partial charge in [-0.15, -0.1) is 0 Å². The number of carbonyl (C=O) groups is 2. The number of likely N-dealkylation sites (tertiary alicyclic amines) is 1. The van der Waals surface area contributed by atoms with Gasteiger partial charge in [-0.25, -0.2) is 4.39 Å². The second-order valence-corrected chi connectivity index (χ2v) is 9.77. The standard InChI is InChI=1S/C27H30FN3O3S/c1-16(2)12-24(32)31-11-5-6-18(15-31)20-13-21-23(14-22(20)30(4)35)34-26(25(21)27(33)29-3)17-7-9-19(28)10-8-17/h7-10,12-14,18,35H,5-6,11,15H2,1-4H3,(H,29,33)/t18-/m1/s1. The summed E-state index contributed by atoms with van der Waals surface area (Å²) in [5, 5.41) is 3.37. The van der Waals surface area contributed by atoms with Gasteiger partial charge in [-0.1, -0.05) is 18.4 Å². The van der Waals surface area contributed by atoms with E-state index in [-0.39, 0.29) is 23.5 Å². The Morgan fingerprint density at radius 2 is 1.94 bits per heavy atom. The van der Waals surface area contributed by atoms with Crippen molar-refractivity contribution in [3.63, 3.8) is 0 Å². The van der Waals surface area contributed by atoms with Gasteiger partial charge in [0.1, 0.15) is 17.2 Å². The SMILES string of the molecule is CNC(=O)c1c(-c2ccc(F)cc2)oc2cc(N(C)S)c([C@@H]3CCCN(C(=O)C=C(C)C)C3)cc12. The number of piperidine rings is 1. The molecular formula is C27H30FN3O3S. The zero-order valence-corrected chi connectivity index (χ0v) is 21.3. The van der Waals surface area contributed by atoms with Crippen molar-refractivity contribution in [1.82, 2.24) is 10.2 Å². The van der Waals surface area contributed by atoms with Gasteiger partial charge in [-0.05, 0) is 62.6 Å². The van der Waals surface area contributed by atoms with Crippen molar-refractivity contribution in [2.24, 2.45) is 0 Å². The molecule has 0 unspecified atom stereocenters. The van der Waals surface area contributed by atoms with Crippen LogP contribution in [0.4, 0.5) is 10.1 Å². The molecule has 1 N–H and O–H groups in total. The highest BCUT2D eigenvalue weighted by atomic mass is 32.1. The average molecular weight is 496 g/mol. The van der Waals surface area contributed by atoms with Gasteiger partial charge in [-0.3, -0.25) is 9.59 Å². The number of fused-ring (bicyclic) bond motifs is 1. The van der Waals surface area contributed by atoms with E-state index in [0.29, 0.717) is 34.4 Å². The lowest BCUT2D eigenvalue weighted by atomic mass is 9.88. The zero-order chi connectivity index (χ0) is 25.3. The van der Waals surface area contributed by atoms with E-state index in [1.807, 2.05) is 37.9 Å². The van der Waals surface area contributed by atoms with E-state index in [1.165, 1.54) is 12.1 Å².